The fraction of sp³-hybridized carbons (Fsp3) is 0.714. The lowest BCUT2D eigenvalue weighted by Crippen LogP contribution is -2.04. The minimum Gasteiger partial charge on any atom is -0.617 e. The van der Waals surface area contributed by atoms with E-state index in [0.29, 0.717) is 0 Å². The molecule has 0 amide bonds. The van der Waals surface area contributed by atoms with Crippen LogP contribution in [0, 0.1) is 0 Å². The van der Waals surface area contributed by atoms with Gasteiger partial charge in [0.15, 0.2) is 0 Å². The van der Waals surface area contributed by atoms with Crippen LogP contribution in [0.4, 0.5) is 0 Å². The largest absolute Gasteiger partial charge is 0.617 e. The maximum atomic E-state index is 10.4. The summed E-state index contributed by atoms with van der Waals surface area (Å²) in [6.45, 7) is 2.09. The number of unbranched alkanes of at least 4 members (excludes halogenated alkanes) is 2. The third-order valence-electron chi connectivity index (χ3n) is 1.07. The van der Waals surface area contributed by atoms with Crippen molar-refractivity contribution in [1.29, 1.82) is 0 Å². The molecule has 54 valence electrons. The van der Waals surface area contributed by atoms with Crippen LogP contribution in [-0.4, -0.2) is 7.11 Å². The Morgan fingerprint density at radius 2 is 2.33 bits per heavy atom. The summed E-state index contributed by atoms with van der Waals surface area (Å²) in [4.78, 5) is 0. The molecule has 0 aliphatic carbocycles. The number of hydrogen-bond acceptors (Lipinski definition) is 2. The first-order chi connectivity index (χ1) is 4.31. The van der Waals surface area contributed by atoms with E-state index in [-0.39, 0.29) is 5.95 Å². The highest BCUT2D eigenvalue weighted by Gasteiger charge is 1.78. The van der Waals surface area contributed by atoms with Crippen LogP contribution in [0.2, 0.25) is 0 Å². The Kier molecular flexibility index (Phi) is 5.07. The van der Waals surface area contributed by atoms with Gasteiger partial charge >= 0.3 is 0 Å². The monoisotopic (exact) mass is 129 g/mol. The molecule has 0 aromatic rings. The summed E-state index contributed by atoms with van der Waals surface area (Å²) < 4.78 is 4.40. The average Bonchev–Trinajstić information content (AvgIpc) is 1.89. The number of hydrogen-bond donors (Lipinski definition) is 0. The fourth-order valence-electron chi connectivity index (χ4n) is 0.507. The summed E-state index contributed by atoms with van der Waals surface area (Å²) >= 11 is 0. The Morgan fingerprint density at radius 1 is 1.67 bits per heavy atom. The SMILES string of the molecule is CCCC/C=C(\[O-])OC. The zero-order valence-corrected chi connectivity index (χ0v) is 6.02. The molecular weight excluding hydrogens is 116 g/mol. The van der Waals surface area contributed by atoms with E-state index < -0.39 is 0 Å². The van der Waals surface area contributed by atoms with E-state index in [4.69, 9.17) is 0 Å². The van der Waals surface area contributed by atoms with E-state index in [0.717, 1.165) is 19.3 Å². The van der Waals surface area contributed by atoms with Gasteiger partial charge in [-0.05, 0) is 13.5 Å². The molecule has 2 heteroatoms. The van der Waals surface area contributed by atoms with Crippen molar-refractivity contribution in [3.63, 3.8) is 0 Å². The van der Waals surface area contributed by atoms with Crippen molar-refractivity contribution in [2.24, 2.45) is 0 Å². The molecule has 0 atom stereocenters. The van der Waals surface area contributed by atoms with Crippen LogP contribution in [0.5, 0.6) is 0 Å². The van der Waals surface area contributed by atoms with Gasteiger partial charge in [0.1, 0.15) is 0 Å². The number of allylic oxidation sites excluding steroid dienone is 1. The first kappa shape index (κ1) is 8.34. The topological polar surface area (TPSA) is 32.3 Å². The maximum absolute atomic E-state index is 10.4. The van der Waals surface area contributed by atoms with Crippen molar-refractivity contribution in [2.75, 3.05) is 7.11 Å². The second-order valence-corrected chi connectivity index (χ2v) is 1.87. The van der Waals surface area contributed by atoms with Crippen LogP contribution in [0.3, 0.4) is 0 Å². The summed E-state index contributed by atoms with van der Waals surface area (Å²) in [5.74, 6) is -0.219. The van der Waals surface area contributed by atoms with E-state index in [2.05, 4.69) is 11.7 Å². The van der Waals surface area contributed by atoms with Crippen LogP contribution in [0.15, 0.2) is 12.0 Å². The highest BCUT2D eigenvalue weighted by atomic mass is 16.6. The van der Waals surface area contributed by atoms with Crippen molar-refractivity contribution in [3.05, 3.63) is 12.0 Å². The summed E-state index contributed by atoms with van der Waals surface area (Å²) in [6, 6.07) is 0. The predicted molar refractivity (Wildman–Crippen MR) is 34.6 cm³/mol. The van der Waals surface area contributed by atoms with E-state index in [9.17, 15) is 5.11 Å². The van der Waals surface area contributed by atoms with Gasteiger partial charge in [0.25, 0.3) is 0 Å². The molecule has 0 aliphatic heterocycles. The van der Waals surface area contributed by atoms with Crippen LogP contribution < -0.4 is 5.11 Å². The number of methoxy groups -OCH3 is 1. The summed E-state index contributed by atoms with van der Waals surface area (Å²) in [7, 11) is 1.39. The molecule has 2 nitrogen and oxygen atoms in total. The molecule has 0 N–H and O–H groups in total. The first-order valence-corrected chi connectivity index (χ1v) is 3.22. The fourth-order valence-corrected chi connectivity index (χ4v) is 0.507. The molecule has 0 fully saturated rings. The molecule has 0 radical (unpaired) electrons. The molecule has 0 bridgehead atoms. The van der Waals surface area contributed by atoms with Crippen molar-refractivity contribution in [1.82, 2.24) is 0 Å². The second kappa shape index (κ2) is 5.48. The van der Waals surface area contributed by atoms with Crippen molar-refractivity contribution < 1.29 is 9.84 Å². The van der Waals surface area contributed by atoms with Gasteiger partial charge in [-0.1, -0.05) is 25.8 Å². The van der Waals surface area contributed by atoms with Crippen LogP contribution in [0.25, 0.3) is 0 Å². The van der Waals surface area contributed by atoms with Crippen LogP contribution in [-0.2, 0) is 4.74 Å². The minimum absolute atomic E-state index is 0.219. The minimum atomic E-state index is -0.219. The van der Waals surface area contributed by atoms with Crippen molar-refractivity contribution in [3.8, 4) is 0 Å². The van der Waals surface area contributed by atoms with Gasteiger partial charge in [-0.3, -0.25) is 0 Å². The van der Waals surface area contributed by atoms with Gasteiger partial charge in [0.05, 0.1) is 0 Å². The Hall–Kier alpha value is -0.660. The zero-order valence-electron chi connectivity index (χ0n) is 6.02. The molecule has 0 spiro atoms. The maximum Gasteiger partial charge on any atom is 0.0468 e. The molecule has 9 heavy (non-hydrogen) atoms. The molecule has 0 saturated heterocycles. The second-order valence-electron chi connectivity index (χ2n) is 1.87. The van der Waals surface area contributed by atoms with Crippen molar-refractivity contribution >= 4 is 0 Å². The number of ether oxygens (including phenoxy) is 1. The van der Waals surface area contributed by atoms with Crippen LogP contribution in [0.1, 0.15) is 26.2 Å². The Labute approximate surface area is 56.1 Å². The van der Waals surface area contributed by atoms with Gasteiger partial charge in [-0.15, -0.1) is 0 Å². The highest BCUT2D eigenvalue weighted by molar-refractivity contribution is 4.78. The number of rotatable bonds is 4. The third-order valence-corrected chi connectivity index (χ3v) is 1.07. The molecule has 0 unspecified atom stereocenters. The molecule has 0 aromatic carbocycles. The Bertz CT molecular complexity index is 86.9. The Balaban J connectivity index is 3.21. The molecule has 0 rings (SSSR count). The highest BCUT2D eigenvalue weighted by Crippen LogP contribution is 1.96. The third kappa shape index (κ3) is 5.21. The standard InChI is InChI=1S/C7H14O2/c1-3-4-5-6-7(8)9-2/h6,8H,3-5H2,1-2H3/p-1/b7-6+. The van der Waals surface area contributed by atoms with Crippen LogP contribution >= 0.6 is 0 Å². The normalized spacial score (nSPS) is 11.6. The van der Waals surface area contributed by atoms with Gasteiger partial charge in [-0.2, -0.15) is 0 Å². The predicted octanol–water partition coefficient (Wildman–Crippen LogP) is 1.02. The summed E-state index contributed by atoms with van der Waals surface area (Å²) in [6.07, 6.45) is 4.59. The van der Waals surface area contributed by atoms with E-state index in [1.165, 1.54) is 7.11 Å². The quantitative estimate of drug-likeness (QED) is 0.419. The van der Waals surface area contributed by atoms with Gasteiger partial charge in [0, 0.05) is 5.95 Å². The zero-order chi connectivity index (χ0) is 7.11. The smallest absolute Gasteiger partial charge is 0.0468 e. The van der Waals surface area contributed by atoms with Gasteiger partial charge < -0.3 is 9.84 Å². The lowest BCUT2D eigenvalue weighted by atomic mass is 10.2. The lowest BCUT2D eigenvalue weighted by molar-refractivity contribution is -0.353. The molecular formula is C7H13O2-. The summed E-state index contributed by atoms with van der Waals surface area (Å²) in [5, 5.41) is 10.4. The van der Waals surface area contributed by atoms with Gasteiger partial charge in [0.2, 0.25) is 0 Å². The van der Waals surface area contributed by atoms with Gasteiger partial charge in [-0.25, -0.2) is 0 Å². The van der Waals surface area contributed by atoms with E-state index >= 15 is 0 Å². The Morgan fingerprint density at radius 3 is 2.78 bits per heavy atom. The molecule has 0 aliphatic rings. The molecule has 0 heterocycles. The lowest BCUT2D eigenvalue weighted by Gasteiger charge is -2.06. The molecule has 0 saturated carbocycles. The van der Waals surface area contributed by atoms with E-state index in [1.807, 2.05) is 0 Å². The van der Waals surface area contributed by atoms with Crippen molar-refractivity contribution in [2.45, 2.75) is 26.2 Å². The summed E-state index contributed by atoms with van der Waals surface area (Å²) in [5.41, 5.74) is 0. The molecule has 0 aromatic heterocycles. The first-order valence-electron chi connectivity index (χ1n) is 3.22. The van der Waals surface area contributed by atoms with E-state index in [1.54, 1.807) is 6.08 Å². The average molecular weight is 129 g/mol.